The lowest BCUT2D eigenvalue weighted by atomic mass is 9.91. The Morgan fingerprint density at radius 3 is 2.95 bits per heavy atom. The summed E-state index contributed by atoms with van der Waals surface area (Å²) < 4.78 is 5.49. The van der Waals surface area contributed by atoms with Crippen LogP contribution in [0.4, 0.5) is 0 Å². The molecule has 1 N–H and O–H groups in total. The Morgan fingerprint density at radius 2 is 2.32 bits per heavy atom. The number of carbonyl (C=O) groups is 1. The maximum atomic E-state index is 12.1. The third-order valence-corrected chi connectivity index (χ3v) is 3.30. The van der Waals surface area contributed by atoms with Gasteiger partial charge < -0.3 is 10.1 Å². The van der Waals surface area contributed by atoms with Crippen LogP contribution >= 0.6 is 0 Å². The van der Waals surface area contributed by atoms with Crippen LogP contribution < -0.4 is 5.32 Å². The van der Waals surface area contributed by atoms with Crippen LogP contribution in [-0.2, 0) is 10.2 Å². The molecule has 1 saturated heterocycles. The molecule has 0 spiro atoms. The van der Waals surface area contributed by atoms with Crippen molar-refractivity contribution in [1.82, 2.24) is 10.3 Å². The van der Waals surface area contributed by atoms with E-state index in [4.69, 9.17) is 4.74 Å². The maximum absolute atomic E-state index is 12.1. The molecule has 1 aliphatic heterocycles. The molecule has 0 bridgehead atoms. The predicted molar refractivity (Wildman–Crippen MR) is 74.2 cm³/mol. The number of nitrogens with zero attached hydrogens (tertiary/aromatic N) is 1. The standard InChI is InChI=1S/C15H22N2O2/c1-15(2,3)13-9-11(6-7-16-13)14(18)17-10-12-5-4-8-19-12/h6-7,9,12H,4-5,8,10H2,1-3H3,(H,17,18). The Morgan fingerprint density at radius 1 is 1.53 bits per heavy atom. The predicted octanol–water partition coefficient (Wildman–Crippen LogP) is 2.29. The Bertz CT molecular complexity index is 446. The van der Waals surface area contributed by atoms with Crippen molar-refractivity contribution < 1.29 is 9.53 Å². The van der Waals surface area contributed by atoms with Gasteiger partial charge in [0.1, 0.15) is 0 Å². The highest BCUT2D eigenvalue weighted by Gasteiger charge is 2.19. The second kappa shape index (κ2) is 5.70. The zero-order valence-corrected chi connectivity index (χ0v) is 11.9. The summed E-state index contributed by atoms with van der Waals surface area (Å²) in [5, 5.41) is 2.93. The molecule has 0 saturated carbocycles. The van der Waals surface area contributed by atoms with Crippen molar-refractivity contribution in [1.29, 1.82) is 0 Å². The van der Waals surface area contributed by atoms with Crippen molar-refractivity contribution in [3.8, 4) is 0 Å². The average Bonchev–Trinajstić information content (AvgIpc) is 2.88. The van der Waals surface area contributed by atoms with E-state index in [1.54, 1.807) is 12.3 Å². The minimum absolute atomic E-state index is 0.0507. The van der Waals surface area contributed by atoms with E-state index in [0.29, 0.717) is 12.1 Å². The van der Waals surface area contributed by atoms with Gasteiger partial charge in [0.05, 0.1) is 6.10 Å². The number of carbonyl (C=O) groups excluding carboxylic acids is 1. The third-order valence-electron chi connectivity index (χ3n) is 3.30. The first kappa shape index (κ1) is 14.0. The zero-order valence-electron chi connectivity index (χ0n) is 11.9. The lowest BCUT2D eigenvalue weighted by Crippen LogP contribution is -2.32. The highest BCUT2D eigenvalue weighted by atomic mass is 16.5. The highest BCUT2D eigenvalue weighted by molar-refractivity contribution is 5.94. The largest absolute Gasteiger partial charge is 0.376 e. The first-order chi connectivity index (χ1) is 8.97. The number of ether oxygens (including phenoxy) is 1. The van der Waals surface area contributed by atoms with Crippen LogP contribution in [0, 0.1) is 0 Å². The Kier molecular flexibility index (Phi) is 4.20. The molecule has 0 aliphatic carbocycles. The second-order valence-corrected chi connectivity index (χ2v) is 6.02. The monoisotopic (exact) mass is 262 g/mol. The summed E-state index contributed by atoms with van der Waals surface area (Å²) in [6.07, 6.45) is 3.99. The summed E-state index contributed by atoms with van der Waals surface area (Å²) in [5.74, 6) is -0.0524. The van der Waals surface area contributed by atoms with Crippen LogP contribution in [0.5, 0.6) is 0 Å². The van der Waals surface area contributed by atoms with E-state index in [9.17, 15) is 4.79 Å². The lowest BCUT2D eigenvalue weighted by molar-refractivity contribution is 0.0857. The molecule has 1 atom stereocenters. The topological polar surface area (TPSA) is 51.2 Å². The molecule has 1 fully saturated rings. The van der Waals surface area contributed by atoms with E-state index >= 15 is 0 Å². The first-order valence-corrected chi connectivity index (χ1v) is 6.83. The van der Waals surface area contributed by atoms with Gasteiger partial charge in [0, 0.05) is 36.0 Å². The van der Waals surface area contributed by atoms with E-state index in [-0.39, 0.29) is 17.4 Å². The van der Waals surface area contributed by atoms with E-state index in [1.165, 1.54) is 0 Å². The molecule has 1 aromatic heterocycles. The summed E-state index contributed by atoms with van der Waals surface area (Å²) in [5.41, 5.74) is 1.54. The van der Waals surface area contributed by atoms with Crippen molar-refractivity contribution in [2.75, 3.05) is 13.2 Å². The number of aromatic nitrogens is 1. The van der Waals surface area contributed by atoms with Gasteiger partial charge in [0.2, 0.25) is 0 Å². The SMILES string of the molecule is CC(C)(C)c1cc(C(=O)NCC2CCCO2)ccn1. The van der Waals surface area contributed by atoms with Crippen molar-refractivity contribution in [2.24, 2.45) is 0 Å². The zero-order chi connectivity index (χ0) is 13.9. The van der Waals surface area contributed by atoms with Crippen LogP contribution in [0.25, 0.3) is 0 Å². The molecule has 0 aromatic carbocycles. The highest BCUT2D eigenvalue weighted by Crippen LogP contribution is 2.20. The average molecular weight is 262 g/mol. The van der Waals surface area contributed by atoms with E-state index < -0.39 is 0 Å². The quantitative estimate of drug-likeness (QED) is 0.909. The van der Waals surface area contributed by atoms with E-state index in [1.807, 2.05) is 6.07 Å². The first-order valence-electron chi connectivity index (χ1n) is 6.83. The van der Waals surface area contributed by atoms with E-state index in [2.05, 4.69) is 31.1 Å². The molecule has 104 valence electrons. The Labute approximate surface area is 114 Å². The molecule has 1 aliphatic rings. The van der Waals surface area contributed by atoms with Crippen LogP contribution in [0.2, 0.25) is 0 Å². The number of pyridine rings is 1. The smallest absolute Gasteiger partial charge is 0.251 e. The van der Waals surface area contributed by atoms with Crippen LogP contribution in [0.1, 0.15) is 49.7 Å². The van der Waals surface area contributed by atoms with Crippen LogP contribution in [0.3, 0.4) is 0 Å². The molecule has 1 amide bonds. The van der Waals surface area contributed by atoms with Crippen molar-refractivity contribution in [2.45, 2.75) is 45.1 Å². The van der Waals surface area contributed by atoms with Gasteiger partial charge in [0.25, 0.3) is 5.91 Å². The normalized spacial score (nSPS) is 19.4. The number of rotatable bonds is 3. The minimum Gasteiger partial charge on any atom is -0.376 e. The molecular weight excluding hydrogens is 240 g/mol. The van der Waals surface area contributed by atoms with Crippen LogP contribution in [-0.4, -0.2) is 30.1 Å². The molecule has 4 heteroatoms. The summed E-state index contributed by atoms with van der Waals surface area (Å²) in [7, 11) is 0. The molecular formula is C15H22N2O2. The Balaban J connectivity index is 1.98. The summed E-state index contributed by atoms with van der Waals surface area (Å²) in [4.78, 5) is 16.4. The minimum atomic E-state index is -0.0524. The molecule has 2 rings (SSSR count). The van der Waals surface area contributed by atoms with Gasteiger partial charge in [-0.2, -0.15) is 0 Å². The van der Waals surface area contributed by atoms with Gasteiger partial charge in [-0.1, -0.05) is 20.8 Å². The molecule has 0 radical (unpaired) electrons. The third kappa shape index (κ3) is 3.77. The van der Waals surface area contributed by atoms with Crippen molar-refractivity contribution in [3.63, 3.8) is 0 Å². The van der Waals surface area contributed by atoms with Gasteiger partial charge in [-0.05, 0) is 25.0 Å². The summed E-state index contributed by atoms with van der Waals surface area (Å²) in [6.45, 7) is 7.66. The van der Waals surface area contributed by atoms with Gasteiger partial charge in [-0.15, -0.1) is 0 Å². The molecule has 19 heavy (non-hydrogen) atoms. The van der Waals surface area contributed by atoms with Gasteiger partial charge in [0.15, 0.2) is 0 Å². The Hall–Kier alpha value is -1.42. The summed E-state index contributed by atoms with van der Waals surface area (Å²) in [6, 6.07) is 3.62. The molecule has 2 heterocycles. The second-order valence-electron chi connectivity index (χ2n) is 6.02. The number of nitrogens with one attached hydrogen (secondary N) is 1. The van der Waals surface area contributed by atoms with Gasteiger partial charge in [-0.3, -0.25) is 9.78 Å². The molecule has 4 nitrogen and oxygen atoms in total. The van der Waals surface area contributed by atoms with Gasteiger partial charge in [-0.25, -0.2) is 0 Å². The van der Waals surface area contributed by atoms with Crippen LogP contribution in [0.15, 0.2) is 18.3 Å². The van der Waals surface area contributed by atoms with Gasteiger partial charge >= 0.3 is 0 Å². The van der Waals surface area contributed by atoms with Crippen molar-refractivity contribution in [3.05, 3.63) is 29.6 Å². The number of hydrogen-bond donors (Lipinski definition) is 1. The van der Waals surface area contributed by atoms with E-state index in [0.717, 1.165) is 25.1 Å². The fraction of sp³-hybridized carbons (Fsp3) is 0.600. The fourth-order valence-electron chi connectivity index (χ4n) is 2.10. The lowest BCUT2D eigenvalue weighted by Gasteiger charge is -2.18. The maximum Gasteiger partial charge on any atom is 0.251 e. The number of hydrogen-bond acceptors (Lipinski definition) is 3. The summed E-state index contributed by atoms with van der Waals surface area (Å²) >= 11 is 0. The molecule has 1 unspecified atom stereocenters. The van der Waals surface area contributed by atoms with Crippen molar-refractivity contribution >= 4 is 5.91 Å². The molecule has 1 aromatic rings. The fourth-order valence-corrected chi connectivity index (χ4v) is 2.10. The number of amides is 1.